The molecule has 0 unspecified atom stereocenters. The number of rotatable bonds is 4. The van der Waals surface area contributed by atoms with Gasteiger partial charge in [0.05, 0.1) is 25.3 Å². The summed E-state index contributed by atoms with van der Waals surface area (Å²) in [5, 5.41) is 7.33. The summed E-state index contributed by atoms with van der Waals surface area (Å²) in [6, 6.07) is 6.23. The topological polar surface area (TPSA) is 98.5 Å². The summed E-state index contributed by atoms with van der Waals surface area (Å²) in [6.07, 6.45) is 3.18. The first kappa shape index (κ1) is 20.7. The lowest BCUT2D eigenvalue weighted by Crippen LogP contribution is -2.37. The molecule has 2 aromatic rings. The summed E-state index contributed by atoms with van der Waals surface area (Å²) >= 11 is 0. The molecule has 7 nitrogen and oxygen atoms in total. The first-order chi connectivity index (χ1) is 14.7. The van der Waals surface area contributed by atoms with Gasteiger partial charge in [0.25, 0.3) is 5.91 Å². The number of benzene rings is 1. The number of carbonyl (C=O) groups is 1. The van der Waals surface area contributed by atoms with E-state index in [4.69, 9.17) is 20.2 Å². The zero-order chi connectivity index (χ0) is 21.8. The van der Waals surface area contributed by atoms with Crippen LogP contribution < -0.4 is 16.4 Å². The molecule has 1 aromatic carbocycles. The fourth-order valence-corrected chi connectivity index (χ4v) is 4.70. The number of fused-ring (bicyclic) bond motifs is 1. The van der Waals surface area contributed by atoms with E-state index in [1.54, 1.807) is 6.07 Å². The van der Waals surface area contributed by atoms with Crippen molar-refractivity contribution < 1.29 is 14.3 Å². The average Bonchev–Trinajstić information content (AvgIpc) is 3.36. The van der Waals surface area contributed by atoms with Crippen LogP contribution in [0.15, 0.2) is 18.2 Å². The molecular weight excluding hydrogens is 392 g/mol. The van der Waals surface area contributed by atoms with Crippen LogP contribution in [0.5, 0.6) is 0 Å². The van der Waals surface area contributed by atoms with Crippen molar-refractivity contribution in [1.29, 1.82) is 0 Å². The zero-order valence-electron chi connectivity index (χ0n) is 18.6. The van der Waals surface area contributed by atoms with Crippen molar-refractivity contribution in [3.8, 4) is 0 Å². The lowest BCUT2D eigenvalue weighted by atomic mass is 9.83. The maximum Gasteiger partial charge on any atom is 0.270 e. The standard InChI is InChI=1S/C24H32N4O3/c1-23(2,3)18-9-15(14-4-5-14)8-17-19(25)10-20(28-21(17)18)22(29)26-12-16-11-24(13-27-16)30-6-7-31-24/h8-10,14,16,27H,4-7,11-13H2,1-3H3,(H2,25,28)(H,26,29)/t16-/m0/s1. The van der Waals surface area contributed by atoms with Crippen molar-refractivity contribution in [3.63, 3.8) is 0 Å². The summed E-state index contributed by atoms with van der Waals surface area (Å²) in [7, 11) is 0. The van der Waals surface area contributed by atoms with E-state index >= 15 is 0 Å². The van der Waals surface area contributed by atoms with Gasteiger partial charge in [-0.25, -0.2) is 4.98 Å². The monoisotopic (exact) mass is 424 g/mol. The van der Waals surface area contributed by atoms with Gasteiger partial charge in [-0.05, 0) is 47.4 Å². The largest absolute Gasteiger partial charge is 0.398 e. The van der Waals surface area contributed by atoms with E-state index in [1.165, 1.54) is 18.4 Å². The number of nitrogens with one attached hydrogen (secondary N) is 2. The van der Waals surface area contributed by atoms with Gasteiger partial charge in [-0.2, -0.15) is 0 Å². The van der Waals surface area contributed by atoms with Crippen LogP contribution in [-0.4, -0.2) is 49.0 Å². The maximum absolute atomic E-state index is 12.9. The molecule has 7 heteroatoms. The van der Waals surface area contributed by atoms with Gasteiger partial charge in [0.1, 0.15) is 5.69 Å². The molecule has 1 amide bonds. The molecular formula is C24H32N4O3. The van der Waals surface area contributed by atoms with Crippen LogP contribution in [0.3, 0.4) is 0 Å². The van der Waals surface area contributed by atoms with Crippen molar-refractivity contribution in [3.05, 3.63) is 35.0 Å². The van der Waals surface area contributed by atoms with Gasteiger partial charge in [0.2, 0.25) is 0 Å². The van der Waals surface area contributed by atoms with E-state index in [2.05, 4.69) is 43.5 Å². The van der Waals surface area contributed by atoms with Crippen LogP contribution in [0.4, 0.5) is 5.69 Å². The van der Waals surface area contributed by atoms with Crippen LogP contribution in [-0.2, 0) is 14.9 Å². The summed E-state index contributed by atoms with van der Waals surface area (Å²) in [6.45, 7) is 8.92. The first-order valence-corrected chi connectivity index (χ1v) is 11.3. The molecule has 4 N–H and O–H groups in total. The van der Waals surface area contributed by atoms with E-state index in [0.29, 0.717) is 43.6 Å². The third kappa shape index (κ3) is 4.02. The predicted molar refractivity (Wildman–Crippen MR) is 120 cm³/mol. The number of aromatic nitrogens is 1. The number of nitrogens with two attached hydrogens (primary N) is 1. The Morgan fingerprint density at radius 3 is 2.68 bits per heavy atom. The summed E-state index contributed by atoms with van der Waals surface area (Å²) < 4.78 is 11.5. The molecule has 5 rings (SSSR count). The summed E-state index contributed by atoms with van der Waals surface area (Å²) in [5.74, 6) is -0.110. The van der Waals surface area contributed by atoms with Crippen LogP contribution in [0.2, 0.25) is 0 Å². The van der Waals surface area contributed by atoms with Gasteiger partial charge >= 0.3 is 0 Å². The molecule has 3 aliphatic rings. The number of anilines is 1. The summed E-state index contributed by atoms with van der Waals surface area (Å²) in [5.41, 5.74) is 10.6. The van der Waals surface area contributed by atoms with E-state index in [0.717, 1.165) is 22.9 Å². The molecule has 0 radical (unpaired) electrons. The second-order valence-corrected chi connectivity index (χ2v) is 10.2. The molecule has 1 saturated carbocycles. The highest BCUT2D eigenvalue weighted by atomic mass is 16.7. The van der Waals surface area contributed by atoms with Gasteiger partial charge in [-0.3, -0.25) is 4.79 Å². The lowest BCUT2D eigenvalue weighted by molar-refractivity contribution is -0.140. The third-order valence-electron chi connectivity index (χ3n) is 6.60. The Morgan fingerprint density at radius 1 is 1.26 bits per heavy atom. The van der Waals surface area contributed by atoms with Gasteiger partial charge in [0, 0.05) is 30.1 Å². The second-order valence-electron chi connectivity index (χ2n) is 10.2. The Morgan fingerprint density at radius 2 is 2.00 bits per heavy atom. The fraction of sp³-hybridized carbons (Fsp3) is 0.583. The molecule has 166 valence electrons. The number of nitrogens with zero attached hydrogens (tertiary/aromatic N) is 1. The number of ether oxygens (including phenoxy) is 2. The highest BCUT2D eigenvalue weighted by Crippen LogP contribution is 2.44. The molecule has 2 saturated heterocycles. The normalized spacial score (nSPS) is 23.0. The zero-order valence-corrected chi connectivity index (χ0v) is 18.6. The minimum absolute atomic E-state index is 0.0962. The first-order valence-electron chi connectivity index (χ1n) is 11.3. The molecule has 2 aliphatic heterocycles. The number of carbonyl (C=O) groups excluding carboxylic acids is 1. The van der Waals surface area contributed by atoms with Crippen LogP contribution in [0, 0.1) is 0 Å². The van der Waals surface area contributed by atoms with Crippen molar-refractivity contribution >= 4 is 22.5 Å². The number of amides is 1. The smallest absolute Gasteiger partial charge is 0.270 e. The second kappa shape index (κ2) is 7.43. The Hall–Kier alpha value is -2.22. The molecule has 3 fully saturated rings. The van der Waals surface area contributed by atoms with Crippen molar-refractivity contribution in [1.82, 2.24) is 15.6 Å². The lowest BCUT2D eigenvalue weighted by Gasteiger charge is -2.23. The average molecular weight is 425 g/mol. The van der Waals surface area contributed by atoms with Gasteiger partial charge < -0.3 is 25.8 Å². The Kier molecular flexibility index (Phi) is 4.95. The number of pyridine rings is 1. The van der Waals surface area contributed by atoms with Gasteiger partial charge in [-0.15, -0.1) is 0 Å². The van der Waals surface area contributed by atoms with E-state index < -0.39 is 5.79 Å². The number of hydrogen-bond acceptors (Lipinski definition) is 6. The SMILES string of the molecule is CC(C)(C)c1cc(C2CC2)cc2c(N)cc(C(=O)NC[C@@H]3CC4(CN3)OCCO4)nc12. The van der Waals surface area contributed by atoms with Crippen LogP contribution >= 0.6 is 0 Å². The third-order valence-corrected chi connectivity index (χ3v) is 6.60. The summed E-state index contributed by atoms with van der Waals surface area (Å²) in [4.78, 5) is 17.7. The van der Waals surface area contributed by atoms with E-state index in [1.807, 2.05) is 0 Å². The molecule has 3 heterocycles. The highest BCUT2D eigenvalue weighted by molar-refractivity contribution is 6.00. The Bertz CT molecular complexity index is 1020. The van der Waals surface area contributed by atoms with Crippen molar-refractivity contribution in [2.45, 2.75) is 63.2 Å². The Balaban J connectivity index is 1.38. The Labute approximate surface area is 183 Å². The minimum atomic E-state index is -0.526. The molecule has 1 aromatic heterocycles. The molecule has 1 atom stereocenters. The molecule has 1 spiro atoms. The highest BCUT2D eigenvalue weighted by Gasteiger charge is 2.43. The van der Waals surface area contributed by atoms with Gasteiger partial charge in [0.15, 0.2) is 5.79 Å². The molecule has 31 heavy (non-hydrogen) atoms. The number of hydrogen-bond donors (Lipinski definition) is 3. The van der Waals surface area contributed by atoms with E-state index in [9.17, 15) is 4.79 Å². The predicted octanol–water partition coefficient (Wildman–Crippen LogP) is 2.83. The van der Waals surface area contributed by atoms with Crippen molar-refractivity contribution in [2.24, 2.45) is 0 Å². The molecule has 1 aliphatic carbocycles. The van der Waals surface area contributed by atoms with E-state index in [-0.39, 0.29) is 17.4 Å². The minimum Gasteiger partial charge on any atom is -0.398 e. The van der Waals surface area contributed by atoms with Crippen LogP contribution in [0.25, 0.3) is 10.9 Å². The number of nitrogen functional groups attached to an aromatic ring is 1. The van der Waals surface area contributed by atoms with Crippen molar-refractivity contribution in [2.75, 3.05) is 32.0 Å². The maximum atomic E-state index is 12.9. The fourth-order valence-electron chi connectivity index (χ4n) is 4.70. The quantitative estimate of drug-likeness (QED) is 0.698. The molecule has 0 bridgehead atoms. The van der Waals surface area contributed by atoms with Crippen LogP contribution in [0.1, 0.15) is 67.6 Å². The van der Waals surface area contributed by atoms with Gasteiger partial charge in [-0.1, -0.05) is 26.8 Å².